The lowest BCUT2D eigenvalue weighted by Crippen LogP contribution is -2.17. The topological polar surface area (TPSA) is 83.5 Å². The van der Waals surface area contributed by atoms with Crippen LogP contribution in [0.5, 0.6) is 0 Å². The van der Waals surface area contributed by atoms with Gasteiger partial charge in [0.2, 0.25) is 0 Å². The molecule has 25 heavy (non-hydrogen) atoms. The first-order chi connectivity index (χ1) is 11.8. The smallest absolute Gasteiger partial charge is 0.310 e. The van der Waals surface area contributed by atoms with Crippen LogP contribution in [0.25, 0.3) is 0 Å². The maximum absolute atomic E-state index is 11.1. The molecule has 1 unspecified atom stereocenters. The summed E-state index contributed by atoms with van der Waals surface area (Å²) in [6, 6.07) is 10.8. The van der Waals surface area contributed by atoms with Gasteiger partial charge < -0.3 is 5.11 Å². The van der Waals surface area contributed by atoms with E-state index in [0.717, 1.165) is 18.4 Å². The van der Waals surface area contributed by atoms with E-state index in [1.807, 2.05) is 6.07 Å². The Kier molecular flexibility index (Phi) is 4.75. The van der Waals surface area contributed by atoms with E-state index in [9.17, 15) is 13.2 Å². The van der Waals surface area contributed by atoms with E-state index in [1.54, 1.807) is 19.1 Å². The molecule has 2 heterocycles. The van der Waals surface area contributed by atoms with Crippen LogP contribution >= 0.6 is 11.6 Å². The van der Waals surface area contributed by atoms with Gasteiger partial charge in [-0.2, -0.15) is 0 Å². The summed E-state index contributed by atoms with van der Waals surface area (Å²) in [5, 5.41) is 9.16. The third-order valence-electron chi connectivity index (χ3n) is 4.47. The monoisotopic (exact) mass is 379 g/mol. The van der Waals surface area contributed by atoms with Crippen LogP contribution in [-0.4, -0.2) is 19.5 Å². The predicted molar refractivity (Wildman–Crippen MR) is 96.8 cm³/mol. The summed E-state index contributed by atoms with van der Waals surface area (Å²) in [6.07, 6.45) is 3.47. The molecule has 1 atom stereocenters. The summed E-state index contributed by atoms with van der Waals surface area (Å²) in [4.78, 5) is 10.9. The Morgan fingerprint density at radius 3 is 2.44 bits per heavy atom. The molecule has 0 saturated heterocycles. The molecule has 0 radical (unpaired) electrons. The normalized spacial score (nSPS) is 17.0. The quantitative estimate of drug-likeness (QED) is 0.830. The Bertz CT molecular complexity index is 940. The number of rotatable bonds is 2. The van der Waals surface area contributed by atoms with E-state index < -0.39 is 16.0 Å². The highest BCUT2D eigenvalue weighted by Crippen LogP contribution is 2.31. The van der Waals surface area contributed by atoms with Gasteiger partial charge in [0.1, 0.15) is 4.90 Å². The number of hydrogen-bond donors (Lipinski definition) is 2. The molecule has 0 spiro atoms. The predicted octanol–water partition coefficient (Wildman–Crippen LogP) is 3.82. The second-order valence-corrected chi connectivity index (χ2v) is 8.25. The molecule has 132 valence electrons. The van der Waals surface area contributed by atoms with Crippen LogP contribution in [0.3, 0.4) is 0 Å². The Labute approximate surface area is 151 Å². The number of hydrogen-bond acceptors (Lipinski definition) is 3. The molecule has 2 aromatic rings. The molecule has 2 aromatic carbocycles. The van der Waals surface area contributed by atoms with E-state index >= 15 is 0 Å². The van der Waals surface area contributed by atoms with Crippen molar-refractivity contribution in [2.24, 2.45) is 0 Å². The van der Waals surface area contributed by atoms with Crippen LogP contribution in [0.4, 0.5) is 5.69 Å². The summed E-state index contributed by atoms with van der Waals surface area (Å²) in [5.74, 6) is -1.14. The van der Waals surface area contributed by atoms with Crippen molar-refractivity contribution in [2.45, 2.75) is 37.0 Å². The van der Waals surface area contributed by atoms with Gasteiger partial charge in [0.15, 0.2) is 0 Å². The molecule has 5 rings (SSSR count). The molecular weight excluding hydrogens is 362 g/mol. The van der Waals surface area contributed by atoms with Crippen LogP contribution in [0.15, 0.2) is 41.3 Å². The summed E-state index contributed by atoms with van der Waals surface area (Å²) < 4.78 is 24.5. The number of anilines is 1. The Morgan fingerprint density at radius 2 is 1.88 bits per heavy atom. The van der Waals surface area contributed by atoms with Crippen molar-refractivity contribution >= 4 is 33.3 Å². The SMILES string of the molecule is CC(C(=O)O)c1ccc2c(c1)CCC2.O=S1(=O)Nc2ccc1c(Cl)c2. The Hall–Kier alpha value is -2.05. The minimum absolute atomic E-state index is 0.147. The van der Waals surface area contributed by atoms with E-state index in [4.69, 9.17) is 16.7 Å². The zero-order chi connectivity index (χ0) is 18.2. The molecule has 7 heteroatoms. The summed E-state index contributed by atoms with van der Waals surface area (Å²) >= 11 is 5.63. The fourth-order valence-corrected chi connectivity index (χ4v) is 4.59. The molecule has 1 aliphatic carbocycles. The minimum atomic E-state index is -3.33. The van der Waals surface area contributed by atoms with Gasteiger partial charge in [0, 0.05) is 0 Å². The second-order valence-electron chi connectivity index (χ2n) is 6.19. The molecule has 3 aliphatic rings. The average Bonchev–Trinajstić information content (AvgIpc) is 3.01. The highest BCUT2D eigenvalue weighted by atomic mass is 35.5. The van der Waals surface area contributed by atoms with Gasteiger partial charge in [-0.1, -0.05) is 29.8 Å². The lowest BCUT2D eigenvalue weighted by Gasteiger charge is -2.15. The van der Waals surface area contributed by atoms with Gasteiger partial charge in [0.05, 0.1) is 16.6 Å². The van der Waals surface area contributed by atoms with Crippen molar-refractivity contribution < 1.29 is 18.3 Å². The summed E-state index contributed by atoms with van der Waals surface area (Å²) in [7, 11) is -3.33. The summed E-state index contributed by atoms with van der Waals surface area (Å²) in [5.41, 5.74) is 4.19. The minimum Gasteiger partial charge on any atom is -0.481 e. The van der Waals surface area contributed by atoms with Crippen molar-refractivity contribution in [1.29, 1.82) is 0 Å². The van der Waals surface area contributed by atoms with Crippen molar-refractivity contribution in [3.63, 3.8) is 0 Å². The molecule has 2 bridgehead atoms. The number of carbonyl (C=O) groups is 1. The third kappa shape index (κ3) is 3.65. The summed E-state index contributed by atoms with van der Waals surface area (Å²) in [6.45, 7) is 1.74. The Balaban J connectivity index is 0.000000150. The van der Waals surface area contributed by atoms with Gasteiger partial charge in [-0.05, 0) is 61.1 Å². The van der Waals surface area contributed by atoms with Gasteiger partial charge in [-0.25, -0.2) is 8.42 Å². The lowest BCUT2D eigenvalue weighted by atomic mass is 9.97. The van der Waals surface area contributed by atoms with Gasteiger partial charge >= 0.3 is 5.97 Å². The standard InChI is InChI=1S/C12H14O2.C6H4ClNO2S/c1-8(12(13)14)10-6-5-9-3-2-4-11(9)7-10;7-5-3-4-1-2-6(5)11(9,10)8-4/h5-8H,2-4H2,1H3,(H,13,14);1-3,8H. The Morgan fingerprint density at radius 1 is 1.16 bits per heavy atom. The van der Waals surface area contributed by atoms with Crippen LogP contribution in [0.2, 0.25) is 5.02 Å². The van der Waals surface area contributed by atoms with Crippen molar-refractivity contribution in [1.82, 2.24) is 0 Å². The van der Waals surface area contributed by atoms with E-state index in [-0.39, 0.29) is 15.8 Å². The third-order valence-corrected chi connectivity index (χ3v) is 6.33. The fourth-order valence-electron chi connectivity index (χ4n) is 3.00. The van der Waals surface area contributed by atoms with Gasteiger partial charge in [-0.3, -0.25) is 9.52 Å². The maximum Gasteiger partial charge on any atom is 0.310 e. The first kappa shape index (κ1) is 17.8. The van der Waals surface area contributed by atoms with Crippen LogP contribution in [0, 0.1) is 0 Å². The number of aliphatic carboxylic acids is 1. The molecule has 5 nitrogen and oxygen atoms in total. The van der Waals surface area contributed by atoms with Gasteiger partial charge in [-0.15, -0.1) is 0 Å². The molecule has 0 fully saturated rings. The van der Waals surface area contributed by atoms with Crippen LogP contribution in [0.1, 0.15) is 36.0 Å². The van der Waals surface area contributed by atoms with Crippen molar-refractivity contribution in [2.75, 3.05) is 4.72 Å². The second kappa shape index (κ2) is 6.69. The fraction of sp³-hybridized carbons (Fsp3) is 0.278. The van der Waals surface area contributed by atoms with E-state index in [0.29, 0.717) is 5.69 Å². The van der Waals surface area contributed by atoms with Crippen LogP contribution in [-0.2, 0) is 27.7 Å². The number of aryl methyl sites for hydroxylation is 2. The number of carboxylic acid groups (broad SMARTS) is 1. The molecule has 0 aromatic heterocycles. The largest absolute Gasteiger partial charge is 0.481 e. The van der Waals surface area contributed by atoms with Crippen molar-refractivity contribution in [3.05, 3.63) is 58.1 Å². The number of nitrogens with one attached hydrogen (secondary N) is 1. The van der Waals surface area contributed by atoms with E-state index in [1.165, 1.54) is 23.6 Å². The number of fused-ring (bicyclic) bond motifs is 4. The number of benzene rings is 2. The highest BCUT2D eigenvalue weighted by molar-refractivity contribution is 7.93. The highest BCUT2D eigenvalue weighted by Gasteiger charge is 2.23. The van der Waals surface area contributed by atoms with Crippen LogP contribution < -0.4 is 4.72 Å². The zero-order valence-electron chi connectivity index (χ0n) is 13.6. The lowest BCUT2D eigenvalue weighted by molar-refractivity contribution is -0.138. The molecule has 0 saturated carbocycles. The number of sulfonamides is 1. The maximum atomic E-state index is 11.1. The first-order valence-electron chi connectivity index (χ1n) is 7.95. The molecular formula is C18H18ClNO4S. The van der Waals surface area contributed by atoms with Gasteiger partial charge in [0.25, 0.3) is 10.0 Å². The number of carboxylic acids is 1. The molecule has 2 aliphatic heterocycles. The van der Waals surface area contributed by atoms with E-state index in [2.05, 4.69) is 16.9 Å². The first-order valence-corrected chi connectivity index (χ1v) is 9.81. The number of halogens is 1. The molecule has 2 N–H and O–H groups in total. The average molecular weight is 380 g/mol. The van der Waals surface area contributed by atoms with Crippen molar-refractivity contribution in [3.8, 4) is 0 Å². The zero-order valence-corrected chi connectivity index (χ0v) is 15.2. The molecule has 0 amide bonds.